The Morgan fingerprint density at radius 2 is 2.00 bits per heavy atom. The van der Waals surface area contributed by atoms with Crippen LogP contribution in [-0.2, 0) is 9.47 Å². The molecule has 4 rings (SSSR count). The molecule has 3 N–H and O–H groups in total. The average molecular weight is 325 g/mol. The van der Waals surface area contributed by atoms with E-state index in [9.17, 15) is 10.5 Å². The lowest BCUT2D eigenvalue weighted by Gasteiger charge is -2.23. The van der Waals surface area contributed by atoms with E-state index in [0.29, 0.717) is 25.6 Å². The SMILES string of the molecule is CCOc1ccccc1[C@@H]1[C@]2(C#N)C(N)=[NH+]C3(OCCO3)[C@]12C#N. The monoisotopic (exact) mass is 325 g/mol. The number of amidine groups is 1. The van der Waals surface area contributed by atoms with E-state index in [1.165, 1.54) is 0 Å². The Bertz CT molecular complexity index is 818. The van der Waals surface area contributed by atoms with Crippen LogP contribution in [0.4, 0.5) is 0 Å². The van der Waals surface area contributed by atoms with Crippen molar-refractivity contribution >= 4 is 5.84 Å². The lowest BCUT2D eigenvalue weighted by atomic mass is 9.94. The predicted molar refractivity (Wildman–Crippen MR) is 81.2 cm³/mol. The molecule has 7 heteroatoms. The van der Waals surface area contributed by atoms with Crippen molar-refractivity contribution in [3.8, 4) is 17.9 Å². The Hall–Kier alpha value is -2.61. The lowest BCUT2D eigenvalue weighted by molar-refractivity contribution is -0.676. The highest BCUT2D eigenvalue weighted by Crippen LogP contribution is 2.79. The number of nitrogens with zero attached hydrogens (tertiary/aromatic N) is 2. The molecular formula is C17H17N4O3+. The maximum Gasteiger partial charge on any atom is 0.343 e. The first-order chi connectivity index (χ1) is 11.6. The summed E-state index contributed by atoms with van der Waals surface area (Å²) >= 11 is 0. The molecule has 0 bridgehead atoms. The first kappa shape index (κ1) is 14.9. The predicted octanol–water partition coefficient (Wildman–Crippen LogP) is -0.646. The molecule has 0 unspecified atom stereocenters. The molecule has 3 aliphatic rings. The van der Waals surface area contributed by atoms with Crippen molar-refractivity contribution < 1.29 is 19.2 Å². The number of benzene rings is 1. The number of para-hydroxylation sites is 1. The summed E-state index contributed by atoms with van der Waals surface area (Å²) in [5.74, 6) is -1.01. The number of hydrogen-bond donors (Lipinski definition) is 2. The molecule has 0 aromatic heterocycles. The van der Waals surface area contributed by atoms with Crippen molar-refractivity contribution in [1.29, 1.82) is 10.5 Å². The summed E-state index contributed by atoms with van der Waals surface area (Å²) in [5.41, 5.74) is 4.48. The minimum absolute atomic E-state index is 0.213. The minimum atomic E-state index is -1.38. The number of fused-ring (bicyclic) bond motifs is 2. The summed E-state index contributed by atoms with van der Waals surface area (Å²) in [5, 5.41) is 20.0. The zero-order chi connectivity index (χ0) is 17.0. The van der Waals surface area contributed by atoms with Crippen molar-refractivity contribution in [3.63, 3.8) is 0 Å². The third kappa shape index (κ3) is 1.36. The van der Waals surface area contributed by atoms with Gasteiger partial charge in [0.05, 0.1) is 37.9 Å². The second kappa shape index (κ2) is 4.70. The van der Waals surface area contributed by atoms with Gasteiger partial charge in [-0.1, -0.05) is 18.2 Å². The molecule has 1 aromatic carbocycles. The van der Waals surface area contributed by atoms with E-state index in [2.05, 4.69) is 17.1 Å². The van der Waals surface area contributed by atoms with E-state index < -0.39 is 22.7 Å². The normalized spacial score (nSPS) is 35.0. The molecule has 1 spiro atoms. The molecule has 1 saturated carbocycles. The standard InChI is InChI=1S/C17H16N4O3/c1-2-22-12-6-4-3-5-11(12)13-15(9-18)14(20)21-17(16(13,15)10-19)23-7-8-24-17/h3-6,13H,2,7-8H2,1H3,(H2,20,21)/p+1/t13-,15-,16-/m1/s1. The number of rotatable bonds is 3. The second-order valence-electron chi connectivity index (χ2n) is 6.10. The maximum absolute atomic E-state index is 10.0. The summed E-state index contributed by atoms with van der Waals surface area (Å²) < 4.78 is 17.2. The van der Waals surface area contributed by atoms with Crippen molar-refractivity contribution in [2.75, 3.05) is 19.8 Å². The average Bonchev–Trinajstić information content (AvgIpc) is 2.83. The molecule has 7 nitrogen and oxygen atoms in total. The highest BCUT2D eigenvalue weighted by Gasteiger charge is 2.97. The summed E-state index contributed by atoms with van der Waals surface area (Å²) in [7, 11) is 0. The van der Waals surface area contributed by atoms with Crippen molar-refractivity contribution in [1.82, 2.24) is 0 Å². The van der Waals surface area contributed by atoms with Gasteiger partial charge in [0.2, 0.25) is 0 Å². The number of hydrogen-bond acceptors (Lipinski definition) is 6. The highest BCUT2D eigenvalue weighted by atomic mass is 16.8. The molecule has 2 aliphatic heterocycles. The van der Waals surface area contributed by atoms with Crippen LogP contribution in [0.1, 0.15) is 18.4 Å². The quantitative estimate of drug-likeness (QED) is 0.763. The Morgan fingerprint density at radius 1 is 1.29 bits per heavy atom. The Labute approximate surface area is 139 Å². The van der Waals surface area contributed by atoms with Crippen LogP contribution in [0, 0.1) is 33.5 Å². The van der Waals surface area contributed by atoms with Crippen LogP contribution in [-0.4, -0.2) is 31.6 Å². The fraction of sp³-hybridized carbons (Fsp3) is 0.471. The topological polar surface area (TPSA) is 115 Å². The van der Waals surface area contributed by atoms with Gasteiger partial charge in [0, 0.05) is 5.56 Å². The van der Waals surface area contributed by atoms with E-state index >= 15 is 0 Å². The van der Waals surface area contributed by atoms with Gasteiger partial charge in [-0.15, -0.1) is 0 Å². The molecule has 0 amide bonds. The van der Waals surface area contributed by atoms with Crippen LogP contribution in [0.25, 0.3) is 0 Å². The van der Waals surface area contributed by atoms with Crippen molar-refractivity contribution in [2.24, 2.45) is 16.6 Å². The second-order valence-corrected chi connectivity index (χ2v) is 6.10. The van der Waals surface area contributed by atoms with Gasteiger partial charge in [-0.2, -0.15) is 10.5 Å². The Balaban J connectivity index is 1.92. The van der Waals surface area contributed by atoms with E-state index in [0.717, 1.165) is 5.56 Å². The highest BCUT2D eigenvalue weighted by molar-refractivity contribution is 5.95. The first-order valence-corrected chi connectivity index (χ1v) is 7.86. The number of nitriles is 2. The van der Waals surface area contributed by atoms with Crippen molar-refractivity contribution in [2.45, 2.75) is 18.8 Å². The molecule has 1 saturated heterocycles. The van der Waals surface area contributed by atoms with E-state index in [-0.39, 0.29) is 5.84 Å². The van der Waals surface area contributed by atoms with Crippen LogP contribution in [0.5, 0.6) is 5.75 Å². The third-order valence-electron chi connectivity index (χ3n) is 5.22. The maximum atomic E-state index is 10.0. The van der Waals surface area contributed by atoms with Gasteiger partial charge >= 0.3 is 5.91 Å². The fourth-order valence-electron chi connectivity index (χ4n) is 4.29. The van der Waals surface area contributed by atoms with Gasteiger partial charge in [-0.25, -0.2) is 4.99 Å². The number of nitrogens with two attached hydrogens (primary N) is 1. The summed E-state index contributed by atoms with van der Waals surface area (Å²) in [6.45, 7) is 3.05. The Morgan fingerprint density at radius 3 is 2.62 bits per heavy atom. The van der Waals surface area contributed by atoms with E-state index in [1.807, 2.05) is 31.2 Å². The lowest BCUT2D eigenvalue weighted by Crippen LogP contribution is -2.89. The summed E-state index contributed by atoms with van der Waals surface area (Å²) in [4.78, 5) is 2.93. The van der Waals surface area contributed by atoms with Crippen LogP contribution >= 0.6 is 0 Å². The summed E-state index contributed by atoms with van der Waals surface area (Å²) in [6, 6.07) is 12.0. The van der Waals surface area contributed by atoms with Crippen molar-refractivity contribution in [3.05, 3.63) is 29.8 Å². The number of nitrogens with one attached hydrogen (secondary N) is 1. The van der Waals surface area contributed by atoms with Gasteiger partial charge in [0.15, 0.2) is 10.8 Å². The van der Waals surface area contributed by atoms with Crippen LogP contribution in [0.3, 0.4) is 0 Å². The molecular weight excluding hydrogens is 308 g/mol. The first-order valence-electron chi connectivity index (χ1n) is 7.86. The van der Waals surface area contributed by atoms with E-state index in [1.54, 1.807) is 0 Å². The van der Waals surface area contributed by atoms with Gasteiger partial charge in [-0.05, 0) is 13.0 Å². The van der Waals surface area contributed by atoms with Gasteiger partial charge in [-0.3, -0.25) is 5.73 Å². The molecule has 2 fully saturated rings. The zero-order valence-corrected chi connectivity index (χ0v) is 13.2. The van der Waals surface area contributed by atoms with Gasteiger partial charge in [0.1, 0.15) is 5.75 Å². The largest absolute Gasteiger partial charge is 0.494 e. The molecule has 0 radical (unpaired) electrons. The van der Waals surface area contributed by atoms with Gasteiger partial charge in [0.25, 0.3) is 5.84 Å². The molecule has 24 heavy (non-hydrogen) atoms. The molecule has 1 aromatic rings. The minimum Gasteiger partial charge on any atom is -0.494 e. The van der Waals surface area contributed by atoms with Crippen LogP contribution in [0.15, 0.2) is 24.3 Å². The summed E-state index contributed by atoms with van der Waals surface area (Å²) in [6.07, 6.45) is 0. The molecule has 122 valence electrons. The van der Waals surface area contributed by atoms with E-state index in [4.69, 9.17) is 19.9 Å². The molecule has 3 atom stereocenters. The Kier molecular flexibility index (Phi) is 2.93. The number of ether oxygens (including phenoxy) is 3. The van der Waals surface area contributed by atoms with Crippen LogP contribution < -0.4 is 15.5 Å². The smallest absolute Gasteiger partial charge is 0.343 e. The molecule has 2 heterocycles. The van der Waals surface area contributed by atoms with Gasteiger partial charge < -0.3 is 14.2 Å². The van der Waals surface area contributed by atoms with Crippen LogP contribution in [0.2, 0.25) is 0 Å². The molecule has 1 aliphatic carbocycles. The fourth-order valence-corrected chi connectivity index (χ4v) is 4.29. The zero-order valence-electron chi connectivity index (χ0n) is 13.2. The third-order valence-corrected chi connectivity index (χ3v) is 5.22.